The van der Waals surface area contributed by atoms with E-state index in [1.807, 2.05) is 25.1 Å². The summed E-state index contributed by atoms with van der Waals surface area (Å²) < 4.78 is 11.2. The van der Waals surface area contributed by atoms with E-state index in [1.165, 1.54) is 11.1 Å². The van der Waals surface area contributed by atoms with Gasteiger partial charge in [-0.25, -0.2) is 0 Å². The lowest BCUT2D eigenvalue weighted by molar-refractivity contribution is 0.0590. The van der Waals surface area contributed by atoms with Gasteiger partial charge in [0, 0.05) is 6.42 Å². The number of ether oxygens (including phenoxy) is 2. The van der Waals surface area contributed by atoms with Crippen molar-refractivity contribution in [2.24, 2.45) is 4.99 Å². The number of nitrogens with zero attached hydrogens (tertiary/aromatic N) is 1. The first-order valence-electron chi connectivity index (χ1n) is 8.17. The van der Waals surface area contributed by atoms with Crippen LogP contribution in [-0.4, -0.2) is 25.7 Å². The van der Waals surface area contributed by atoms with Gasteiger partial charge < -0.3 is 9.47 Å². The zero-order valence-electron chi connectivity index (χ0n) is 13.9. The monoisotopic (exact) mass is 323 g/mol. The molecule has 1 aliphatic heterocycles. The summed E-state index contributed by atoms with van der Waals surface area (Å²) in [6.45, 7) is 2.53. The quantitative estimate of drug-likeness (QED) is 0.853. The third-order valence-corrected chi connectivity index (χ3v) is 4.65. The van der Waals surface area contributed by atoms with Crippen LogP contribution in [0.4, 0.5) is 5.69 Å². The molecular formula is C19H21N3O2. The number of hydrazine groups is 1. The standard InChI is InChI=1S/C19H21N3O2/c1-12-9-14(23-2)7-8-16(12)21-22-18-11-24-17-10-13-5-3-4-6-15(13)19(17)20-18/h3-9,17,19,21H,10-11H2,1-2H3,(H,20,22)/t17-,19+/m0/s1. The Morgan fingerprint density at radius 3 is 2.88 bits per heavy atom. The van der Waals surface area contributed by atoms with E-state index in [9.17, 15) is 0 Å². The summed E-state index contributed by atoms with van der Waals surface area (Å²) in [7, 11) is 1.67. The smallest absolute Gasteiger partial charge is 0.142 e. The molecule has 0 unspecified atom stereocenters. The van der Waals surface area contributed by atoms with Crippen LogP contribution in [0.25, 0.3) is 0 Å². The average Bonchev–Trinajstić information content (AvgIpc) is 2.98. The van der Waals surface area contributed by atoms with Crippen LogP contribution in [0.2, 0.25) is 0 Å². The summed E-state index contributed by atoms with van der Waals surface area (Å²) in [6, 6.07) is 14.5. The minimum atomic E-state index is 0.0937. The number of aliphatic imine (C=N–C) groups is 1. The molecule has 124 valence electrons. The molecule has 2 aromatic rings. The normalized spacial score (nSPS) is 21.5. The molecule has 2 aromatic carbocycles. The summed E-state index contributed by atoms with van der Waals surface area (Å²) >= 11 is 0. The SMILES string of the molecule is COc1ccc(NNC2=N[C@@H]3c4ccccc4C[C@@H]3OC2)c(C)c1. The second-order valence-electron chi connectivity index (χ2n) is 6.20. The lowest BCUT2D eigenvalue weighted by atomic mass is 10.1. The van der Waals surface area contributed by atoms with Gasteiger partial charge in [0.25, 0.3) is 0 Å². The molecule has 4 rings (SSSR count). The third kappa shape index (κ3) is 2.71. The number of methoxy groups -OCH3 is 1. The highest BCUT2D eigenvalue weighted by Crippen LogP contribution is 2.37. The highest BCUT2D eigenvalue weighted by atomic mass is 16.5. The van der Waals surface area contributed by atoms with Gasteiger partial charge in [-0.05, 0) is 41.8 Å². The molecule has 0 fully saturated rings. The van der Waals surface area contributed by atoms with Crippen molar-refractivity contribution in [3.63, 3.8) is 0 Å². The molecule has 1 heterocycles. The van der Waals surface area contributed by atoms with E-state index in [1.54, 1.807) is 7.11 Å². The summed E-state index contributed by atoms with van der Waals surface area (Å²) in [6.07, 6.45) is 1.11. The van der Waals surface area contributed by atoms with Crippen LogP contribution in [0.15, 0.2) is 47.5 Å². The van der Waals surface area contributed by atoms with Gasteiger partial charge in [-0.1, -0.05) is 24.3 Å². The summed E-state index contributed by atoms with van der Waals surface area (Å²) in [5.74, 6) is 1.67. The van der Waals surface area contributed by atoms with E-state index in [2.05, 4.69) is 35.1 Å². The number of anilines is 1. The predicted molar refractivity (Wildman–Crippen MR) is 94.6 cm³/mol. The molecule has 5 heteroatoms. The van der Waals surface area contributed by atoms with Crippen LogP contribution in [0.3, 0.4) is 0 Å². The lowest BCUT2D eigenvalue weighted by Crippen LogP contribution is -2.39. The molecule has 5 nitrogen and oxygen atoms in total. The number of rotatable bonds is 3. The fourth-order valence-electron chi connectivity index (χ4n) is 3.34. The van der Waals surface area contributed by atoms with Gasteiger partial charge in [0.05, 0.1) is 18.9 Å². The van der Waals surface area contributed by atoms with Crippen molar-refractivity contribution < 1.29 is 9.47 Å². The maximum Gasteiger partial charge on any atom is 0.142 e. The number of amidine groups is 1. The molecule has 2 N–H and O–H groups in total. The van der Waals surface area contributed by atoms with Crippen LogP contribution >= 0.6 is 0 Å². The van der Waals surface area contributed by atoms with Crippen molar-refractivity contribution in [3.8, 4) is 5.75 Å². The maximum absolute atomic E-state index is 6.00. The van der Waals surface area contributed by atoms with Crippen molar-refractivity contribution in [2.45, 2.75) is 25.5 Å². The summed E-state index contributed by atoms with van der Waals surface area (Å²) in [5, 5.41) is 0. The second-order valence-corrected chi connectivity index (χ2v) is 6.20. The van der Waals surface area contributed by atoms with Crippen LogP contribution in [-0.2, 0) is 11.2 Å². The van der Waals surface area contributed by atoms with Crippen LogP contribution in [0.5, 0.6) is 5.75 Å². The topological polar surface area (TPSA) is 54.9 Å². The molecule has 0 bridgehead atoms. The first-order valence-corrected chi connectivity index (χ1v) is 8.17. The zero-order chi connectivity index (χ0) is 16.5. The Labute approximate surface area is 141 Å². The molecule has 0 saturated heterocycles. The average molecular weight is 323 g/mol. The molecule has 0 radical (unpaired) electrons. The van der Waals surface area contributed by atoms with Crippen LogP contribution < -0.4 is 15.6 Å². The van der Waals surface area contributed by atoms with Crippen molar-refractivity contribution in [1.82, 2.24) is 5.43 Å². The van der Waals surface area contributed by atoms with Gasteiger partial charge in [-0.2, -0.15) is 0 Å². The van der Waals surface area contributed by atoms with Crippen molar-refractivity contribution >= 4 is 11.5 Å². The zero-order valence-corrected chi connectivity index (χ0v) is 13.9. The number of nitrogens with one attached hydrogen (secondary N) is 2. The highest BCUT2D eigenvalue weighted by molar-refractivity contribution is 5.85. The number of hydrogen-bond donors (Lipinski definition) is 2. The summed E-state index contributed by atoms with van der Waals surface area (Å²) in [5.41, 5.74) is 11.1. The largest absolute Gasteiger partial charge is 0.497 e. The highest BCUT2D eigenvalue weighted by Gasteiger charge is 2.35. The maximum atomic E-state index is 6.00. The van der Waals surface area contributed by atoms with E-state index < -0.39 is 0 Å². The van der Waals surface area contributed by atoms with E-state index >= 15 is 0 Å². The van der Waals surface area contributed by atoms with Gasteiger partial charge in [-0.3, -0.25) is 15.8 Å². The van der Waals surface area contributed by atoms with Crippen molar-refractivity contribution in [3.05, 3.63) is 59.2 Å². The Kier molecular flexibility index (Phi) is 3.86. The molecule has 2 atom stereocenters. The first kappa shape index (κ1) is 15.0. The molecule has 2 aliphatic rings. The van der Waals surface area contributed by atoms with Crippen molar-refractivity contribution in [1.29, 1.82) is 0 Å². The van der Waals surface area contributed by atoms with E-state index in [0.717, 1.165) is 29.3 Å². The Hall–Kier alpha value is -2.53. The van der Waals surface area contributed by atoms with Crippen molar-refractivity contribution in [2.75, 3.05) is 19.1 Å². The Morgan fingerprint density at radius 1 is 1.17 bits per heavy atom. The van der Waals surface area contributed by atoms with Gasteiger partial charge >= 0.3 is 0 Å². The van der Waals surface area contributed by atoms with Gasteiger partial charge in [0.15, 0.2) is 0 Å². The minimum absolute atomic E-state index is 0.0937. The molecule has 0 aromatic heterocycles. The first-order chi connectivity index (χ1) is 11.7. The van der Waals surface area contributed by atoms with Crippen LogP contribution in [0.1, 0.15) is 22.7 Å². The summed E-state index contributed by atoms with van der Waals surface area (Å²) in [4.78, 5) is 4.86. The van der Waals surface area contributed by atoms with E-state index in [4.69, 9.17) is 14.5 Å². The molecule has 0 saturated carbocycles. The Balaban J connectivity index is 1.48. The number of aryl methyl sites for hydroxylation is 1. The van der Waals surface area contributed by atoms with E-state index in [0.29, 0.717) is 6.61 Å². The molecule has 0 spiro atoms. The number of fused-ring (bicyclic) bond motifs is 3. The fourth-order valence-corrected chi connectivity index (χ4v) is 3.34. The van der Waals surface area contributed by atoms with Gasteiger partial charge in [-0.15, -0.1) is 0 Å². The van der Waals surface area contributed by atoms with E-state index in [-0.39, 0.29) is 12.1 Å². The Morgan fingerprint density at radius 2 is 2.04 bits per heavy atom. The molecule has 0 amide bonds. The third-order valence-electron chi connectivity index (χ3n) is 4.65. The van der Waals surface area contributed by atoms with Gasteiger partial charge in [0.2, 0.25) is 0 Å². The predicted octanol–water partition coefficient (Wildman–Crippen LogP) is 3.01. The lowest BCUT2D eigenvalue weighted by Gasteiger charge is -2.26. The molecule has 1 aliphatic carbocycles. The number of benzene rings is 2. The Bertz CT molecular complexity index is 788. The number of hydrogen-bond acceptors (Lipinski definition) is 5. The molecule has 24 heavy (non-hydrogen) atoms. The molecular weight excluding hydrogens is 302 g/mol. The minimum Gasteiger partial charge on any atom is -0.497 e. The van der Waals surface area contributed by atoms with Crippen LogP contribution in [0, 0.1) is 6.92 Å². The van der Waals surface area contributed by atoms with Gasteiger partial charge in [0.1, 0.15) is 24.2 Å². The fraction of sp³-hybridized carbons (Fsp3) is 0.316. The second kappa shape index (κ2) is 6.17.